The average molecular weight is 284 g/mol. The van der Waals surface area contributed by atoms with E-state index in [0.29, 0.717) is 11.1 Å². The van der Waals surface area contributed by atoms with Crippen molar-refractivity contribution in [1.82, 2.24) is 10.2 Å². The van der Waals surface area contributed by atoms with Crippen LogP contribution in [-0.4, -0.2) is 27.4 Å². The third-order valence-corrected chi connectivity index (χ3v) is 4.60. The predicted molar refractivity (Wildman–Crippen MR) is 77.6 cm³/mol. The minimum Gasteiger partial charge on any atom is -0.394 e. The molecule has 2 unspecified atom stereocenters. The lowest BCUT2D eigenvalue weighted by Crippen LogP contribution is -2.46. The molecule has 1 aromatic rings. The van der Waals surface area contributed by atoms with E-state index < -0.39 is 0 Å². The van der Waals surface area contributed by atoms with Gasteiger partial charge in [-0.05, 0) is 43.7 Å². The zero-order valence-corrected chi connectivity index (χ0v) is 12.6. The first-order chi connectivity index (χ1) is 8.97. The first kappa shape index (κ1) is 14.5. The number of hydrogen-bond donors (Lipinski definition) is 2. The van der Waals surface area contributed by atoms with Crippen LogP contribution >= 0.6 is 11.6 Å². The van der Waals surface area contributed by atoms with Gasteiger partial charge in [-0.1, -0.05) is 31.4 Å². The van der Waals surface area contributed by atoms with Gasteiger partial charge in [0.25, 0.3) is 0 Å². The van der Waals surface area contributed by atoms with Crippen LogP contribution in [0, 0.1) is 19.8 Å². The summed E-state index contributed by atoms with van der Waals surface area (Å²) >= 11 is 5.97. The summed E-state index contributed by atoms with van der Waals surface area (Å²) in [5.41, 5.74) is 1.68. The summed E-state index contributed by atoms with van der Waals surface area (Å²) in [4.78, 5) is 0. The molecule has 1 aliphatic carbocycles. The topological polar surface area (TPSA) is 58.0 Å². The highest BCUT2D eigenvalue weighted by Crippen LogP contribution is 2.35. The summed E-state index contributed by atoms with van der Waals surface area (Å²) in [5, 5.41) is 21.8. The Morgan fingerprint density at radius 2 is 2.11 bits per heavy atom. The third kappa shape index (κ3) is 3.00. The number of aromatic nitrogens is 2. The van der Waals surface area contributed by atoms with E-state index in [0.717, 1.165) is 36.2 Å². The fraction of sp³-hybridized carbons (Fsp3) is 0.714. The van der Waals surface area contributed by atoms with Gasteiger partial charge in [0.2, 0.25) is 0 Å². The number of aliphatic hydroxyl groups excluding tert-OH is 1. The Kier molecular flexibility index (Phi) is 4.31. The van der Waals surface area contributed by atoms with Gasteiger partial charge in [-0.2, -0.15) is 0 Å². The minimum atomic E-state index is -0.266. The van der Waals surface area contributed by atoms with Gasteiger partial charge < -0.3 is 10.4 Å². The molecule has 0 amide bonds. The standard InChI is InChI=1S/C14H22ClN3O/c1-9-5-4-6-14(7-9,8-19)16-13-11(3)10(2)12(15)17-18-13/h9,19H,4-8H2,1-3H3,(H,16,18). The van der Waals surface area contributed by atoms with Crippen LogP contribution in [0.3, 0.4) is 0 Å². The second kappa shape index (κ2) is 5.63. The van der Waals surface area contributed by atoms with Crippen LogP contribution in [0.25, 0.3) is 0 Å². The Morgan fingerprint density at radius 1 is 1.37 bits per heavy atom. The summed E-state index contributed by atoms with van der Waals surface area (Å²) in [5.74, 6) is 1.36. The molecular weight excluding hydrogens is 262 g/mol. The molecule has 1 fully saturated rings. The molecule has 2 atom stereocenters. The summed E-state index contributed by atoms with van der Waals surface area (Å²) in [6.07, 6.45) is 4.30. The van der Waals surface area contributed by atoms with E-state index in [1.54, 1.807) is 0 Å². The fourth-order valence-corrected chi connectivity index (χ4v) is 3.08. The summed E-state index contributed by atoms with van der Waals surface area (Å²) < 4.78 is 0. The van der Waals surface area contributed by atoms with E-state index in [-0.39, 0.29) is 12.1 Å². The molecule has 4 nitrogen and oxygen atoms in total. The van der Waals surface area contributed by atoms with Crippen molar-refractivity contribution in [3.05, 3.63) is 16.3 Å². The van der Waals surface area contributed by atoms with Gasteiger partial charge >= 0.3 is 0 Å². The first-order valence-corrected chi connectivity index (χ1v) is 7.23. The molecule has 5 heteroatoms. The van der Waals surface area contributed by atoms with E-state index in [1.165, 1.54) is 6.42 Å². The van der Waals surface area contributed by atoms with E-state index in [1.807, 2.05) is 13.8 Å². The van der Waals surface area contributed by atoms with Gasteiger partial charge in [0.05, 0.1) is 12.1 Å². The van der Waals surface area contributed by atoms with Crippen LogP contribution in [0.5, 0.6) is 0 Å². The Morgan fingerprint density at radius 3 is 2.74 bits per heavy atom. The van der Waals surface area contributed by atoms with Crippen molar-refractivity contribution in [3.8, 4) is 0 Å². The molecule has 2 N–H and O–H groups in total. The number of nitrogens with one attached hydrogen (secondary N) is 1. The highest BCUT2D eigenvalue weighted by atomic mass is 35.5. The number of hydrogen-bond acceptors (Lipinski definition) is 4. The van der Waals surface area contributed by atoms with Crippen LogP contribution in [0.15, 0.2) is 0 Å². The van der Waals surface area contributed by atoms with Crippen LogP contribution in [-0.2, 0) is 0 Å². The number of nitrogens with zero attached hydrogens (tertiary/aromatic N) is 2. The van der Waals surface area contributed by atoms with Crippen molar-refractivity contribution in [2.75, 3.05) is 11.9 Å². The second-order valence-corrected chi connectivity index (χ2v) is 6.21. The molecule has 1 heterocycles. The van der Waals surface area contributed by atoms with Crippen molar-refractivity contribution in [2.24, 2.45) is 5.92 Å². The van der Waals surface area contributed by atoms with Gasteiger partial charge in [0.15, 0.2) is 11.0 Å². The number of halogens is 1. The normalized spacial score (nSPS) is 27.3. The monoisotopic (exact) mass is 283 g/mol. The fourth-order valence-electron chi connectivity index (χ4n) is 2.90. The summed E-state index contributed by atoms with van der Waals surface area (Å²) in [6, 6.07) is 0. The van der Waals surface area contributed by atoms with Gasteiger partial charge in [-0.25, -0.2) is 0 Å². The lowest BCUT2D eigenvalue weighted by atomic mass is 9.77. The van der Waals surface area contributed by atoms with Gasteiger partial charge in [-0.3, -0.25) is 0 Å². The summed E-state index contributed by atoms with van der Waals surface area (Å²) in [7, 11) is 0. The van der Waals surface area contributed by atoms with E-state index >= 15 is 0 Å². The number of aliphatic hydroxyl groups is 1. The first-order valence-electron chi connectivity index (χ1n) is 6.86. The molecule has 0 radical (unpaired) electrons. The van der Waals surface area contributed by atoms with E-state index in [2.05, 4.69) is 22.4 Å². The molecule has 1 aromatic heterocycles. The van der Waals surface area contributed by atoms with Crippen molar-refractivity contribution < 1.29 is 5.11 Å². The van der Waals surface area contributed by atoms with Crippen LogP contribution in [0.1, 0.15) is 43.7 Å². The molecule has 0 bridgehead atoms. The lowest BCUT2D eigenvalue weighted by Gasteiger charge is -2.40. The molecule has 0 spiro atoms. The average Bonchev–Trinajstić information content (AvgIpc) is 2.40. The minimum absolute atomic E-state index is 0.125. The predicted octanol–water partition coefficient (Wildman–Crippen LogP) is 3.10. The van der Waals surface area contributed by atoms with Crippen molar-refractivity contribution in [1.29, 1.82) is 0 Å². The smallest absolute Gasteiger partial charge is 0.155 e. The molecule has 0 aliphatic heterocycles. The van der Waals surface area contributed by atoms with Crippen LogP contribution < -0.4 is 5.32 Å². The Labute approximate surface area is 119 Å². The number of rotatable bonds is 3. The molecule has 106 valence electrons. The maximum absolute atomic E-state index is 9.80. The maximum atomic E-state index is 9.80. The largest absolute Gasteiger partial charge is 0.394 e. The number of anilines is 1. The van der Waals surface area contributed by atoms with E-state index in [4.69, 9.17) is 11.6 Å². The lowest BCUT2D eigenvalue weighted by molar-refractivity contribution is 0.149. The van der Waals surface area contributed by atoms with Crippen LogP contribution in [0.4, 0.5) is 5.82 Å². The van der Waals surface area contributed by atoms with Gasteiger partial charge in [-0.15, -0.1) is 10.2 Å². The second-order valence-electron chi connectivity index (χ2n) is 5.85. The van der Waals surface area contributed by atoms with Crippen molar-refractivity contribution in [2.45, 2.75) is 52.0 Å². The molecule has 2 rings (SSSR count). The van der Waals surface area contributed by atoms with Crippen LogP contribution in [0.2, 0.25) is 5.15 Å². The van der Waals surface area contributed by atoms with Crippen molar-refractivity contribution in [3.63, 3.8) is 0 Å². The molecule has 1 saturated carbocycles. The van der Waals surface area contributed by atoms with Gasteiger partial charge in [0.1, 0.15) is 0 Å². The Balaban J connectivity index is 2.25. The molecule has 1 aliphatic rings. The Bertz CT molecular complexity index is 466. The quantitative estimate of drug-likeness (QED) is 0.895. The summed E-state index contributed by atoms with van der Waals surface area (Å²) in [6.45, 7) is 6.28. The molecule has 19 heavy (non-hydrogen) atoms. The zero-order chi connectivity index (χ0) is 14.0. The van der Waals surface area contributed by atoms with Crippen molar-refractivity contribution >= 4 is 17.4 Å². The SMILES string of the molecule is Cc1c(Cl)nnc(NC2(CO)CCCC(C)C2)c1C. The van der Waals surface area contributed by atoms with Gasteiger partial charge in [0, 0.05) is 0 Å². The zero-order valence-electron chi connectivity index (χ0n) is 11.8. The van der Waals surface area contributed by atoms with E-state index in [9.17, 15) is 5.11 Å². The highest BCUT2D eigenvalue weighted by Gasteiger charge is 2.35. The maximum Gasteiger partial charge on any atom is 0.155 e. The third-order valence-electron chi connectivity index (χ3n) is 4.24. The molecule has 0 saturated heterocycles. The highest BCUT2D eigenvalue weighted by molar-refractivity contribution is 6.30. The molecular formula is C14H22ClN3O. The Hall–Kier alpha value is -0.870. The molecule has 0 aromatic carbocycles.